The van der Waals surface area contributed by atoms with Crippen molar-refractivity contribution in [2.75, 3.05) is 26.4 Å². The van der Waals surface area contributed by atoms with E-state index < -0.39 is 115 Å². The number of aliphatic hydroxyl groups is 2. The third-order valence-electron chi connectivity index (χ3n) is 18.6. The molecule has 8 aliphatic carbocycles. The van der Waals surface area contributed by atoms with Gasteiger partial charge >= 0.3 is 110 Å². The second-order valence-corrected chi connectivity index (χ2v) is 46.4. The molecule has 1 aliphatic heterocycles. The van der Waals surface area contributed by atoms with Gasteiger partial charge in [0, 0.05) is 37.5 Å². The molecule has 1 heterocycles. The molecule has 9 nitrogen and oxygen atoms in total. The summed E-state index contributed by atoms with van der Waals surface area (Å²) in [5, 5.41) is 15.5. The van der Waals surface area contributed by atoms with Gasteiger partial charge < -0.3 is 29.2 Å². The Bertz CT molecular complexity index is 3310. The van der Waals surface area contributed by atoms with Crippen LogP contribution in [-0.4, -0.2) is 119 Å². The first-order chi connectivity index (χ1) is 47.8. The summed E-state index contributed by atoms with van der Waals surface area (Å²) < 4.78 is 228. The summed E-state index contributed by atoms with van der Waals surface area (Å²) in [6, 6.07) is 64.3. The maximum absolute atomic E-state index is 13.9. The molecule has 6 aromatic carbocycles. The van der Waals surface area contributed by atoms with Crippen molar-refractivity contribution in [2.24, 2.45) is 35.5 Å². The van der Waals surface area contributed by atoms with Crippen molar-refractivity contribution in [1.29, 1.82) is 0 Å². The number of carbonyl (C=O) groups is 3. The number of halogens is 19. The van der Waals surface area contributed by atoms with Gasteiger partial charge in [-0.1, -0.05) is 109 Å². The zero-order valence-corrected chi connectivity index (χ0v) is 62.5. The molecule has 4 atom stereocenters. The van der Waals surface area contributed by atoms with Crippen LogP contribution in [0.25, 0.3) is 0 Å². The van der Waals surface area contributed by atoms with Crippen LogP contribution in [0.1, 0.15) is 78.1 Å². The van der Waals surface area contributed by atoms with Gasteiger partial charge in [-0.05, 0) is 149 Å². The summed E-state index contributed by atoms with van der Waals surface area (Å²) in [6.45, 7) is -7.87. The summed E-state index contributed by atoms with van der Waals surface area (Å²) in [5.74, 6) is -46.0. The Morgan fingerprint density at radius 2 is 0.716 bits per heavy atom. The number of esters is 2. The van der Waals surface area contributed by atoms with E-state index in [1.807, 2.05) is 0 Å². The van der Waals surface area contributed by atoms with Crippen molar-refractivity contribution in [3.63, 3.8) is 0 Å². The minimum Gasteiger partial charge on any atom is -0.390 e. The fourth-order valence-electron chi connectivity index (χ4n) is 14.3. The first-order valence-electron chi connectivity index (χ1n) is 32.0. The predicted molar refractivity (Wildman–Crippen MR) is 361 cm³/mol. The quantitative estimate of drug-likeness (QED) is 0.0474. The number of alkyl halides is 16. The molecule has 8 bridgehead atoms. The number of carbonyl (C=O) groups excluding carboxylic acids is 3. The van der Waals surface area contributed by atoms with E-state index in [9.17, 15) is 84.6 Å². The van der Waals surface area contributed by atoms with E-state index in [2.05, 4.69) is 219 Å². The van der Waals surface area contributed by atoms with Crippen molar-refractivity contribution in [3.05, 3.63) is 182 Å². The van der Waals surface area contributed by atoms with Gasteiger partial charge in [-0.3, -0.25) is 4.79 Å². The van der Waals surface area contributed by atoms with Crippen LogP contribution < -0.4 is 13.3 Å². The molecule has 0 radical (unpaired) electrons. The topological polar surface area (TPSA) is 129 Å². The molecule has 15 rings (SSSR count). The Morgan fingerprint density at radius 1 is 0.461 bits per heavy atom. The second kappa shape index (κ2) is 33.8. The van der Waals surface area contributed by atoms with Crippen LogP contribution >= 0.6 is 37.2 Å². The summed E-state index contributed by atoms with van der Waals surface area (Å²) >= 11 is 5.30. The number of rotatable bonds is 14. The fraction of sp³-hybridized carbons (Fsp3) is 0.458. The average Bonchev–Trinajstić information content (AvgIpc) is 0.698. The largest absolute Gasteiger partial charge is 0.390 e. The van der Waals surface area contributed by atoms with Crippen molar-refractivity contribution in [3.8, 4) is 0 Å². The number of hydrogen-bond acceptors (Lipinski definition) is 9. The minimum atomic E-state index is -5.77. The Labute approximate surface area is 614 Å². The van der Waals surface area contributed by atoms with Gasteiger partial charge in [0.05, 0.1) is 21.8 Å². The van der Waals surface area contributed by atoms with E-state index in [0.29, 0.717) is 52.3 Å². The van der Waals surface area contributed by atoms with Gasteiger partial charge in [-0.15, -0.1) is 0 Å². The van der Waals surface area contributed by atoms with Gasteiger partial charge in [0.1, 0.15) is 43.4 Å². The maximum Gasteiger partial charge on any atom is 0.376 e. The van der Waals surface area contributed by atoms with Crippen LogP contribution in [-0.2, 0) is 55.1 Å². The normalized spacial score (nSPS) is 25.4. The van der Waals surface area contributed by atoms with E-state index in [0.717, 1.165) is 12.8 Å². The third-order valence-corrected chi connectivity index (χ3v) is 23.1. The summed E-state index contributed by atoms with van der Waals surface area (Å²) in [4.78, 5) is 43.2. The first-order valence-corrected chi connectivity index (χ1v) is 47.0. The van der Waals surface area contributed by atoms with Crippen LogP contribution in [0, 0.1) is 35.5 Å². The van der Waals surface area contributed by atoms with Crippen LogP contribution in [0.4, 0.5) is 70.2 Å². The van der Waals surface area contributed by atoms with Crippen LogP contribution in [0.15, 0.2) is 211 Å². The molecular weight excluding hydrogens is 1760 g/mol. The number of ketones is 1. The molecule has 102 heavy (non-hydrogen) atoms. The molecule has 6 aromatic rings. The standard InChI is InChI=1S/C18H20F8O4.2C18H15S.C13H16F2O3.C5H6F6O2.I3/c1-13(19,20)12(27)30-14-4-9-2-10(5-14)17(11(3-9)6-14)28-7-15(21,22)18(25,26)16(23,24)8-29-17;2*1-4-10-16(11-5-1)19(17-12-6-2-7-13-17)18-14-8-3-9-15-18;1-12(14,15)11(17)18-13-4-7-2-8(5-13)10(16)9(3-7)6-13;6-3(7,1-12)5(10,11)4(8,9)2-13;1-3-2/h9-11H,2-8H2,1H3;2*1-15H;7-9H,2-6H2,1H3;12-13H,1-2H2;/q;2*+1;;;-1. The molecule has 0 aromatic heterocycles. The molecule has 4 unspecified atom stereocenters. The number of hydrogen-bond donors (Lipinski definition) is 2. The molecule has 1 saturated heterocycles. The third kappa shape index (κ3) is 19.1. The summed E-state index contributed by atoms with van der Waals surface area (Å²) in [7, 11) is -0.0293. The molecule has 30 heteroatoms. The average molecular weight is 1830 g/mol. The second-order valence-electron chi connectivity index (χ2n) is 26.1. The van der Waals surface area contributed by atoms with Crippen molar-refractivity contribution in [2.45, 2.75) is 172 Å². The van der Waals surface area contributed by atoms with Gasteiger partial charge in [0.15, 0.2) is 35.2 Å². The summed E-state index contributed by atoms with van der Waals surface area (Å²) in [5.41, 5.74) is -2.11. The van der Waals surface area contributed by atoms with Gasteiger partial charge in [0.25, 0.3) is 0 Å². The fourth-order valence-corrected chi connectivity index (χ4v) is 18.6. The van der Waals surface area contributed by atoms with Gasteiger partial charge in [-0.25, -0.2) is 9.59 Å². The van der Waals surface area contributed by atoms with E-state index in [4.69, 9.17) is 29.2 Å². The van der Waals surface area contributed by atoms with Crippen LogP contribution in [0.2, 0.25) is 0 Å². The molecular formula is C72H72F16I3O9S2+. The maximum atomic E-state index is 13.9. The van der Waals surface area contributed by atoms with Gasteiger partial charge in [0.2, 0.25) is 0 Å². The SMILES string of the molecule is CC(F)(F)C(=O)OC12CC3CC(C1)C(=O)C(C3)C2.CC(F)(F)C(=O)OC12CC3CC(C1)C1(OCC(F)(F)C(F)(F)C(F)(F)CO1)C(C3)C2.I[I-]I.OCC(F)(F)C(F)(F)C(F)(F)CO.c1ccc([S+](c2ccccc2)c2ccccc2)cc1.c1ccc([S+](c2ccccc2)c2ccccc2)cc1. The zero-order valence-electron chi connectivity index (χ0n) is 54.4. The molecule has 9 fully saturated rings. The van der Waals surface area contributed by atoms with Crippen molar-refractivity contribution >= 4 is 76.7 Å². The number of aliphatic hydroxyl groups excluding tert-OH is 2. The summed E-state index contributed by atoms with van der Waals surface area (Å²) in [6.07, 6.45) is 3.77. The van der Waals surface area contributed by atoms with Crippen molar-refractivity contribution in [1.82, 2.24) is 0 Å². The smallest absolute Gasteiger partial charge is 0.376 e. The Balaban J connectivity index is 0.000000164. The monoisotopic (exact) mass is 1830 g/mol. The zero-order chi connectivity index (χ0) is 75.0. The van der Waals surface area contributed by atoms with E-state index in [1.165, 1.54) is 29.4 Å². The number of ether oxygens (including phenoxy) is 4. The van der Waals surface area contributed by atoms with Crippen molar-refractivity contribution < 1.29 is 127 Å². The van der Waals surface area contributed by atoms with Gasteiger partial charge in [-0.2, -0.15) is 70.2 Å². The van der Waals surface area contributed by atoms with Crippen LogP contribution in [0.5, 0.6) is 0 Å². The Kier molecular flexibility index (Phi) is 27.5. The minimum absolute atomic E-state index is 0.0146. The molecule has 2 N–H and O–H groups in total. The van der Waals surface area contributed by atoms with E-state index >= 15 is 0 Å². The van der Waals surface area contributed by atoms with Crippen LogP contribution in [0.3, 0.4) is 0 Å². The molecule has 8 saturated carbocycles. The molecule has 9 aliphatic rings. The molecule has 0 amide bonds. The Hall–Kier alpha value is -4.46. The molecule has 1 spiro atoms. The predicted octanol–water partition coefficient (Wildman–Crippen LogP) is 16.0. The van der Waals surface area contributed by atoms with E-state index in [-0.39, 0.29) is 77.4 Å². The number of benzene rings is 6. The number of Topliss-reactive ketones (excluding diaryl/α,β-unsaturated/α-hetero) is 1. The van der Waals surface area contributed by atoms with E-state index in [1.54, 1.807) is 0 Å². The first kappa shape index (κ1) is 83.2. The molecule has 558 valence electrons. The Morgan fingerprint density at radius 3 is 0.971 bits per heavy atom.